The van der Waals surface area contributed by atoms with E-state index in [1.54, 1.807) is 0 Å². The molecule has 0 bridgehead atoms. The lowest BCUT2D eigenvalue weighted by Gasteiger charge is -2.26. The zero-order chi connectivity index (χ0) is 28.1. The molecule has 0 N–H and O–H groups in total. The Kier molecular flexibility index (Phi) is 6.94. The number of benzene rings is 7. The quantitative estimate of drug-likeness (QED) is 0.199. The van der Waals surface area contributed by atoms with Gasteiger partial charge in [0.05, 0.1) is 0 Å². The molecule has 7 aromatic rings. The predicted molar refractivity (Wildman–Crippen MR) is 179 cm³/mol. The highest BCUT2D eigenvalue weighted by atomic mass is 15.1. The molecule has 0 saturated heterocycles. The molecule has 7 aromatic carbocycles. The molecule has 0 amide bonds. The first-order chi connectivity index (χ1) is 20.8. The Balaban J connectivity index is 1.31. The van der Waals surface area contributed by atoms with Gasteiger partial charge in [-0.15, -0.1) is 0 Å². The predicted octanol–water partition coefficient (Wildman–Crippen LogP) is 11.4. The Hall–Kier alpha value is -5.60. The van der Waals surface area contributed by atoms with Crippen LogP contribution >= 0.6 is 0 Å². The van der Waals surface area contributed by atoms with E-state index in [0.717, 1.165) is 34.1 Å². The van der Waals surface area contributed by atoms with Crippen LogP contribution in [0.4, 0.5) is 34.1 Å². The van der Waals surface area contributed by atoms with E-state index in [9.17, 15) is 0 Å². The van der Waals surface area contributed by atoms with E-state index in [1.807, 2.05) is 0 Å². The molecule has 0 aliphatic rings. The van der Waals surface area contributed by atoms with Crippen LogP contribution in [0, 0.1) is 0 Å². The molecule has 0 aromatic heterocycles. The molecule has 0 unspecified atom stereocenters. The minimum Gasteiger partial charge on any atom is -0.311 e. The Labute approximate surface area is 247 Å². The first-order valence-electron chi connectivity index (χ1n) is 14.3. The second-order valence-electron chi connectivity index (χ2n) is 10.3. The molecule has 2 nitrogen and oxygen atoms in total. The van der Waals surface area contributed by atoms with Crippen LogP contribution in [0.25, 0.3) is 21.9 Å². The molecule has 0 spiro atoms. The molecule has 42 heavy (non-hydrogen) atoms. The number of anilines is 6. The van der Waals surface area contributed by atoms with Gasteiger partial charge in [0.25, 0.3) is 0 Å². The lowest BCUT2D eigenvalue weighted by molar-refractivity contribution is 1.28. The molecule has 0 atom stereocenters. The van der Waals surface area contributed by atoms with E-state index >= 15 is 0 Å². The summed E-state index contributed by atoms with van der Waals surface area (Å²) in [5.74, 6) is 0. The first kappa shape index (κ1) is 25.4. The summed E-state index contributed by atoms with van der Waals surface area (Å²) in [6.45, 7) is 0. The van der Waals surface area contributed by atoms with Crippen LogP contribution in [-0.4, -0.2) is 0 Å². The molecular weight excluding hydrogens is 508 g/mol. The largest absolute Gasteiger partial charge is 0.311 e. The van der Waals surface area contributed by atoms with Gasteiger partial charge in [-0.3, -0.25) is 0 Å². The fourth-order valence-corrected chi connectivity index (χ4v) is 5.64. The van der Waals surface area contributed by atoms with Crippen LogP contribution in [0.1, 0.15) is 0 Å². The number of hydrogen-bond donors (Lipinski definition) is 0. The number of fused-ring (bicyclic) bond motifs is 1. The lowest BCUT2D eigenvalue weighted by Crippen LogP contribution is -2.09. The summed E-state index contributed by atoms with van der Waals surface area (Å²) < 4.78 is 0. The van der Waals surface area contributed by atoms with Crippen molar-refractivity contribution in [1.29, 1.82) is 0 Å². The summed E-state index contributed by atoms with van der Waals surface area (Å²) >= 11 is 0. The summed E-state index contributed by atoms with van der Waals surface area (Å²) in [6, 6.07) is 64.4. The zero-order valence-corrected chi connectivity index (χ0v) is 23.2. The normalized spacial score (nSPS) is 10.9. The van der Waals surface area contributed by atoms with Gasteiger partial charge in [-0.1, -0.05) is 109 Å². The highest BCUT2D eigenvalue weighted by Gasteiger charge is 2.15. The molecule has 0 aliphatic carbocycles. The summed E-state index contributed by atoms with van der Waals surface area (Å²) in [5, 5.41) is 2.44. The third-order valence-electron chi connectivity index (χ3n) is 7.62. The average Bonchev–Trinajstić information content (AvgIpc) is 3.07. The summed E-state index contributed by atoms with van der Waals surface area (Å²) in [5.41, 5.74) is 9.18. The number of hydrogen-bond acceptors (Lipinski definition) is 2. The van der Waals surface area contributed by atoms with E-state index in [2.05, 4.69) is 192 Å². The molecule has 0 radical (unpaired) electrons. The van der Waals surface area contributed by atoms with Crippen molar-refractivity contribution in [3.05, 3.63) is 182 Å². The van der Waals surface area contributed by atoms with Gasteiger partial charge in [-0.25, -0.2) is 0 Å². The van der Waals surface area contributed by atoms with Gasteiger partial charge >= 0.3 is 0 Å². The van der Waals surface area contributed by atoms with Crippen LogP contribution in [-0.2, 0) is 0 Å². The lowest BCUT2D eigenvalue weighted by atomic mass is 9.97. The van der Waals surface area contributed by atoms with Crippen LogP contribution in [0.2, 0.25) is 0 Å². The van der Waals surface area contributed by atoms with Crippen molar-refractivity contribution in [3.63, 3.8) is 0 Å². The van der Waals surface area contributed by atoms with Crippen LogP contribution < -0.4 is 9.80 Å². The van der Waals surface area contributed by atoms with Gasteiger partial charge in [-0.2, -0.15) is 0 Å². The van der Waals surface area contributed by atoms with Gasteiger partial charge in [0.1, 0.15) is 0 Å². The van der Waals surface area contributed by atoms with Gasteiger partial charge in [-0.05, 0) is 94.7 Å². The second-order valence-corrected chi connectivity index (χ2v) is 10.3. The molecule has 0 fully saturated rings. The first-order valence-corrected chi connectivity index (χ1v) is 14.3. The van der Waals surface area contributed by atoms with E-state index in [4.69, 9.17) is 0 Å². The Morgan fingerprint density at radius 2 is 0.690 bits per heavy atom. The van der Waals surface area contributed by atoms with Crippen molar-refractivity contribution < 1.29 is 0 Å². The van der Waals surface area contributed by atoms with E-state index in [0.29, 0.717) is 0 Å². The van der Waals surface area contributed by atoms with E-state index in [-0.39, 0.29) is 0 Å². The minimum absolute atomic E-state index is 1.12. The van der Waals surface area contributed by atoms with Crippen LogP contribution in [0.15, 0.2) is 182 Å². The summed E-state index contributed by atoms with van der Waals surface area (Å²) in [6.07, 6.45) is 0. The Morgan fingerprint density at radius 3 is 1.17 bits per heavy atom. The number of rotatable bonds is 7. The Bertz CT molecular complexity index is 1820. The molecular formula is C40H30N2. The fourth-order valence-electron chi connectivity index (χ4n) is 5.64. The van der Waals surface area contributed by atoms with E-state index < -0.39 is 0 Å². The summed E-state index contributed by atoms with van der Waals surface area (Å²) in [4.78, 5) is 4.61. The average molecular weight is 539 g/mol. The third-order valence-corrected chi connectivity index (χ3v) is 7.62. The second kappa shape index (κ2) is 11.5. The SMILES string of the molecule is c1ccc(N(c2ccccc2)c2ccc(-c3cccc4ccc(N(c5ccccc5)c5ccccc5)cc34)cc2)cc1. The molecule has 0 aliphatic heterocycles. The van der Waals surface area contributed by atoms with Crippen molar-refractivity contribution in [2.24, 2.45) is 0 Å². The van der Waals surface area contributed by atoms with Gasteiger partial charge in [0.15, 0.2) is 0 Å². The molecule has 0 heterocycles. The van der Waals surface area contributed by atoms with Gasteiger partial charge in [0, 0.05) is 34.1 Å². The van der Waals surface area contributed by atoms with Gasteiger partial charge in [0.2, 0.25) is 0 Å². The molecule has 0 saturated carbocycles. The minimum atomic E-state index is 1.12. The highest BCUT2D eigenvalue weighted by Crippen LogP contribution is 2.39. The van der Waals surface area contributed by atoms with Crippen molar-refractivity contribution >= 4 is 44.9 Å². The standard InChI is InChI=1S/C40H30N2/c1-5-15-33(16-6-1)41(34-17-7-2-8-18-34)37-27-24-32(25-28-37)39-23-13-14-31-26-29-38(30-40(31)39)42(35-19-9-3-10-20-35)36-21-11-4-12-22-36/h1-30H. The number of nitrogens with zero attached hydrogens (tertiary/aromatic N) is 2. The highest BCUT2D eigenvalue weighted by molar-refractivity contribution is 6.00. The smallest absolute Gasteiger partial charge is 0.0468 e. The van der Waals surface area contributed by atoms with Crippen LogP contribution in [0.5, 0.6) is 0 Å². The molecule has 7 rings (SSSR count). The van der Waals surface area contributed by atoms with E-state index in [1.165, 1.54) is 21.9 Å². The Morgan fingerprint density at radius 1 is 0.286 bits per heavy atom. The maximum Gasteiger partial charge on any atom is 0.0468 e. The maximum absolute atomic E-state index is 2.32. The number of para-hydroxylation sites is 4. The monoisotopic (exact) mass is 538 g/mol. The van der Waals surface area contributed by atoms with Gasteiger partial charge < -0.3 is 9.80 Å². The maximum atomic E-state index is 2.32. The van der Waals surface area contributed by atoms with Crippen molar-refractivity contribution in [2.45, 2.75) is 0 Å². The topological polar surface area (TPSA) is 6.48 Å². The van der Waals surface area contributed by atoms with Crippen molar-refractivity contribution in [2.75, 3.05) is 9.80 Å². The van der Waals surface area contributed by atoms with Crippen molar-refractivity contribution in [1.82, 2.24) is 0 Å². The molecule has 200 valence electrons. The third kappa shape index (κ3) is 5.02. The van der Waals surface area contributed by atoms with Crippen molar-refractivity contribution in [3.8, 4) is 11.1 Å². The molecule has 2 heteroatoms. The summed E-state index contributed by atoms with van der Waals surface area (Å²) in [7, 11) is 0. The van der Waals surface area contributed by atoms with Crippen LogP contribution in [0.3, 0.4) is 0 Å². The zero-order valence-electron chi connectivity index (χ0n) is 23.2. The fraction of sp³-hybridized carbons (Fsp3) is 0.